The van der Waals surface area contributed by atoms with E-state index in [1.165, 1.54) is 0 Å². The SMILES string of the molecule is CC(OC(=O)c1ccn2cncc2c1)C(=O)NC1CC1. The third kappa shape index (κ3) is 2.64. The summed E-state index contributed by atoms with van der Waals surface area (Å²) in [5.74, 6) is -0.751. The average molecular weight is 273 g/mol. The Kier molecular flexibility index (Phi) is 3.14. The maximum Gasteiger partial charge on any atom is 0.339 e. The summed E-state index contributed by atoms with van der Waals surface area (Å²) in [6, 6.07) is 3.58. The van der Waals surface area contributed by atoms with Gasteiger partial charge in [-0.3, -0.25) is 4.79 Å². The average Bonchev–Trinajstić information content (AvgIpc) is 3.12. The smallest absolute Gasteiger partial charge is 0.339 e. The number of amides is 1. The Balaban J connectivity index is 1.66. The lowest BCUT2D eigenvalue weighted by molar-refractivity contribution is -0.129. The van der Waals surface area contributed by atoms with Gasteiger partial charge in [-0.1, -0.05) is 0 Å². The number of carbonyl (C=O) groups is 2. The lowest BCUT2D eigenvalue weighted by Gasteiger charge is -2.13. The van der Waals surface area contributed by atoms with E-state index < -0.39 is 12.1 Å². The van der Waals surface area contributed by atoms with Gasteiger partial charge in [0.1, 0.15) is 0 Å². The molecule has 2 aromatic rings. The summed E-state index contributed by atoms with van der Waals surface area (Å²) in [6.07, 6.45) is 6.25. The Morgan fingerprint density at radius 2 is 2.30 bits per heavy atom. The van der Waals surface area contributed by atoms with E-state index in [4.69, 9.17) is 4.74 Å². The Labute approximate surface area is 115 Å². The van der Waals surface area contributed by atoms with E-state index >= 15 is 0 Å². The van der Waals surface area contributed by atoms with Crippen molar-refractivity contribution in [3.05, 3.63) is 36.4 Å². The van der Waals surface area contributed by atoms with Crippen LogP contribution < -0.4 is 5.32 Å². The van der Waals surface area contributed by atoms with Crippen molar-refractivity contribution in [3.8, 4) is 0 Å². The van der Waals surface area contributed by atoms with E-state index in [0.29, 0.717) is 5.56 Å². The van der Waals surface area contributed by atoms with Gasteiger partial charge in [-0.05, 0) is 31.9 Å². The molecule has 0 radical (unpaired) electrons. The molecule has 0 saturated heterocycles. The normalized spacial score (nSPS) is 15.8. The van der Waals surface area contributed by atoms with E-state index in [9.17, 15) is 9.59 Å². The van der Waals surface area contributed by atoms with Gasteiger partial charge in [0, 0.05) is 12.2 Å². The first-order chi connectivity index (χ1) is 9.63. The highest BCUT2D eigenvalue weighted by atomic mass is 16.5. The molecule has 0 spiro atoms. The topological polar surface area (TPSA) is 72.7 Å². The molecule has 20 heavy (non-hydrogen) atoms. The van der Waals surface area contributed by atoms with Crippen LogP contribution in [0.4, 0.5) is 0 Å². The number of rotatable bonds is 4. The van der Waals surface area contributed by atoms with E-state index in [-0.39, 0.29) is 11.9 Å². The monoisotopic (exact) mass is 273 g/mol. The molecule has 2 aromatic heterocycles. The van der Waals surface area contributed by atoms with Crippen LogP contribution in [0, 0.1) is 0 Å². The second-order valence-electron chi connectivity index (χ2n) is 4.97. The fourth-order valence-corrected chi connectivity index (χ4v) is 1.87. The molecular formula is C14H15N3O3. The minimum Gasteiger partial charge on any atom is -0.449 e. The molecule has 0 bridgehead atoms. The van der Waals surface area contributed by atoms with Crippen molar-refractivity contribution >= 4 is 17.4 Å². The highest BCUT2D eigenvalue weighted by Crippen LogP contribution is 2.19. The fourth-order valence-electron chi connectivity index (χ4n) is 1.87. The Morgan fingerprint density at radius 1 is 1.50 bits per heavy atom. The fraction of sp³-hybridized carbons (Fsp3) is 0.357. The number of hydrogen-bond acceptors (Lipinski definition) is 4. The summed E-state index contributed by atoms with van der Waals surface area (Å²) in [4.78, 5) is 27.7. The second kappa shape index (κ2) is 4.96. The summed E-state index contributed by atoms with van der Waals surface area (Å²) in [5, 5.41) is 2.81. The van der Waals surface area contributed by atoms with Crippen LogP contribution in [-0.2, 0) is 9.53 Å². The van der Waals surface area contributed by atoms with Gasteiger partial charge in [0.15, 0.2) is 6.10 Å². The maximum absolute atomic E-state index is 12.0. The van der Waals surface area contributed by atoms with Gasteiger partial charge in [-0.25, -0.2) is 9.78 Å². The predicted molar refractivity (Wildman–Crippen MR) is 71.2 cm³/mol. The Hall–Kier alpha value is -2.37. The first-order valence-electron chi connectivity index (χ1n) is 6.56. The third-order valence-corrected chi connectivity index (χ3v) is 3.23. The molecule has 3 rings (SSSR count). The summed E-state index contributed by atoms with van der Waals surface area (Å²) in [5.41, 5.74) is 1.21. The molecule has 2 heterocycles. The van der Waals surface area contributed by atoms with Crippen LogP contribution in [0.1, 0.15) is 30.1 Å². The lowest BCUT2D eigenvalue weighted by Crippen LogP contribution is -2.37. The molecule has 1 fully saturated rings. The second-order valence-corrected chi connectivity index (χ2v) is 4.97. The highest BCUT2D eigenvalue weighted by molar-refractivity contribution is 5.93. The molecule has 6 nitrogen and oxygen atoms in total. The number of fused-ring (bicyclic) bond motifs is 1. The van der Waals surface area contributed by atoms with E-state index in [2.05, 4.69) is 10.3 Å². The molecule has 104 valence electrons. The minimum absolute atomic E-state index is 0.244. The van der Waals surface area contributed by atoms with Gasteiger partial charge in [0.25, 0.3) is 5.91 Å². The van der Waals surface area contributed by atoms with E-state index in [1.54, 1.807) is 42.2 Å². The maximum atomic E-state index is 12.0. The van der Waals surface area contributed by atoms with Crippen molar-refractivity contribution < 1.29 is 14.3 Å². The predicted octanol–water partition coefficient (Wildman–Crippen LogP) is 1.16. The van der Waals surface area contributed by atoms with E-state index in [0.717, 1.165) is 18.4 Å². The van der Waals surface area contributed by atoms with Crippen LogP contribution in [0.2, 0.25) is 0 Å². The van der Waals surface area contributed by atoms with Crippen LogP contribution in [0.3, 0.4) is 0 Å². The van der Waals surface area contributed by atoms with Gasteiger partial charge in [-0.15, -0.1) is 0 Å². The van der Waals surface area contributed by atoms with Crippen molar-refractivity contribution in [1.29, 1.82) is 0 Å². The van der Waals surface area contributed by atoms with Crippen molar-refractivity contribution in [2.45, 2.75) is 31.9 Å². The molecule has 6 heteroatoms. The minimum atomic E-state index is -0.788. The van der Waals surface area contributed by atoms with Gasteiger partial charge >= 0.3 is 5.97 Å². The molecule has 1 unspecified atom stereocenters. The van der Waals surface area contributed by atoms with Crippen LogP contribution in [0.15, 0.2) is 30.9 Å². The number of aromatic nitrogens is 2. The summed E-state index contributed by atoms with van der Waals surface area (Å²) in [6.45, 7) is 1.58. The zero-order chi connectivity index (χ0) is 14.1. The number of imidazole rings is 1. The van der Waals surface area contributed by atoms with Crippen molar-refractivity contribution in [2.75, 3.05) is 0 Å². The molecule has 0 aliphatic heterocycles. The number of hydrogen-bond donors (Lipinski definition) is 1. The van der Waals surface area contributed by atoms with Crippen LogP contribution in [0.5, 0.6) is 0 Å². The number of nitrogens with zero attached hydrogens (tertiary/aromatic N) is 2. The van der Waals surface area contributed by atoms with Crippen LogP contribution in [0.25, 0.3) is 5.52 Å². The number of esters is 1. The number of ether oxygens (including phenoxy) is 1. The molecule has 1 saturated carbocycles. The quantitative estimate of drug-likeness (QED) is 0.848. The lowest BCUT2D eigenvalue weighted by atomic mass is 10.2. The van der Waals surface area contributed by atoms with E-state index in [1.807, 2.05) is 0 Å². The molecular weight excluding hydrogens is 258 g/mol. The first-order valence-corrected chi connectivity index (χ1v) is 6.56. The largest absolute Gasteiger partial charge is 0.449 e. The summed E-state index contributed by atoms with van der Waals surface area (Å²) >= 11 is 0. The summed E-state index contributed by atoms with van der Waals surface area (Å²) < 4.78 is 6.96. The molecule has 1 amide bonds. The third-order valence-electron chi connectivity index (χ3n) is 3.23. The Bertz CT molecular complexity index is 660. The first kappa shape index (κ1) is 12.7. The number of carbonyl (C=O) groups excluding carboxylic acids is 2. The van der Waals surface area contributed by atoms with Crippen molar-refractivity contribution in [3.63, 3.8) is 0 Å². The Morgan fingerprint density at radius 3 is 3.05 bits per heavy atom. The molecule has 1 aliphatic rings. The van der Waals surface area contributed by atoms with Gasteiger partial charge in [0.05, 0.1) is 23.6 Å². The number of pyridine rings is 1. The highest BCUT2D eigenvalue weighted by Gasteiger charge is 2.27. The zero-order valence-electron chi connectivity index (χ0n) is 11.1. The number of nitrogens with one attached hydrogen (secondary N) is 1. The van der Waals surface area contributed by atoms with Gasteiger partial charge in [0.2, 0.25) is 0 Å². The summed E-state index contributed by atoms with van der Waals surface area (Å²) in [7, 11) is 0. The zero-order valence-corrected chi connectivity index (χ0v) is 11.1. The standard InChI is InChI=1S/C14H15N3O3/c1-9(13(18)16-11-2-3-11)20-14(19)10-4-5-17-8-15-7-12(17)6-10/h4-9,11H,2-3H2,1H3,(H,16,18). The van der Waals surface area contributed by atoms with Crippen molar-refractivity contribution in [2.24, 2.45) is 0 Å². The van der Waals surface area contributed by atoms with Gasteiger partial charge < -0.3 is 14.5 Å². The molecule has 0 aromatic carbocycles. The van der Waals surface area contributed by atoms with Gasteiger partial charge in [-0.2, -0.15) is 0 Å². The van der Waals surface area contributed by atoms with Crippen LogP contribution in [-0.4, -0.2) is 33.4 Å². The van der Waals surface area contributed by atoms with Crippen molar-refractivity contribution in [1.82, 2.24) is 14.7 Å². The molecule has 1 aliphatic carbocycles. The molecule has 1 atom stereocenters. The van der Waals surface area contributed by atoms with Crippen LogP contribution >= 0.6 is 0 Å². The molecule has 1 N–H and O–H groups in total.